The van der Waals surface area contributed by atoms with Gasteiger partial charge in [0, 0.05) is 11.1 Å². The minimum Gasteiger partial charge on any atom is -0.298 e. The Hall–Kier alpha value is -1.79. The number of benzene rings is 2. The summed E-state index contributed by atoms with van der Waals surface area (Å²) in [5, 5.41) is 1.64. The predicted octanol–water partition coefficient (Wildman–Crippen LogP) is 3.20. The number of rotatable bonds is 3. The third kappa shape index (κ3) is 2.50. The van der Waals surface area contributed by atoms with E-state index in [0.717, 1.165) is 33.6 Å². The van der Waals surface area contributed by atoms with Crippen LogP contribution in [0.25, 0.3) is 0 Å². The lowest BCUT2D eigenvalue weighted by Gasteiger charge is -2.07. The Bertz CT molecular complexity index is 646. The first-order valence-electron chi connectivity index (χ1n) is 6.14. The lowest BCUT2D eigenvalue weighted by molar-refractivity contribution is 0.112. The van der Waals surface area contributed by atoms with Crippen molar-refractivity contribution in [3.8, 4) is 0 Å². The van der Waals surface area contributed by atoms with E-state index in [1.165, 1.54) is 0 Å². The number of hydrogen-bond acceptors (Lipinski definition) is 2. The Morgan fingerprint density at radius 3 is 2.21 bits per heavy atom. The zero-order valence-corrected chi connectivity index (χ0v) is 12.2. The Kier molecular flexibility index (Phi) is 3.92. The van der Waals surface area contributed by atoms with E-state index >= 15 is 0 Å². The van der Waals surface area contributed by atoms with Crippen LogP contribution in [0.2, 0.25) is 0 Å². The van der Waals surface area contributed by atoms with E-state index in [0.29, 0.717) is 5.56 Å². The summed E-state index contributed by atoms with van der Waals surface area (Å²) < 4.78 is 12.6. The van der Waals surface area contributed by atoms with Crippen LogP contribution < -0.4 is 10.6 Å². The highest BCUT2D eigenvalue weighted by molar-refractivity contribution is 7.61. The maximum atomic E-state index is 12.6. The van der Waals surface area contributed by atoms with Crippen molar-refractivity contribution in [2.75, 3.05) is 0 Å². The number of aldehydes is 1. The minimum absolute atomic E-state index is 0.706. The lowest BCUT2D eigenvalue weighted by Crippen LogP contribution is -2.13. The van der Waals surface area contributed by atoms with Crippen LogP contribution >= 0.6 is 7.80 Å². The van der Waals surface area contributed by atoms with Gasteiger partial charge in [0.05, 0.1) is 0 Å². The molecular formula is C16H16O2P+. The zero-order chi connectivity index (χ0) is 14.0. The summed E-state index contributed by atoms with van der Waals surface area (Å²) in [6.07, 6.45) is 0.872. The molecule has 19 heavy (non-hydrogen) atoms. The SMILES string of the molecule is Cc1cc([P+](=O)c2ccccc2)c(C)c(C)c1C=O. The third-order valence-electron chi connectivity index (χ3n) is 3.46. The summed E-state index contributed by atoms with van der Waals surface area (Å²) in [4.78, 5) is 11.1. The molecule has 0 saturated carbocycles. The first kappa shape index (κ1) is 13.6. The molecule has 1 unspecified atom stereocenters. The summed E-state index contributed by atoms with van der Waals surface area (Å²) in [5.74, 6) is 0. The summed E-state index contributed by atoms with van der Waals surface area (Å²) in [6, 6.07) is 11.3. The van der Waals surface area contributed by atoms with E-state index in [-0.39, 0.29) is 0 Å². The normalized spacial score (nSPS) is 11.2. The van der Waals surface area contributed by atoms with Gasteiger partial charge in [-0.25, -0.2) is 0 Å². The Balaban J connectivity index is 2.59. The molecule has 0 aromatic heterocycles. The second-order valence-electron chi connectivity index (χ2n) is 4.62. The number of carbonyl (C=O) groups is 1. The average Bonchev–Trinajstić information content (AvgIpc) is 2.43. The maximum Gasteiger partial charge on any atom is 0.415 e. The standard InChI is InChI=1S/C16H16O2P/c1-11-9-16(13(3)12(2)15(11)10-17)19(18)14-7-5-4-6-8-14/h4-10H,1-3H3/q+1. The molecule has 0 aliphatic rings. The Morgan fingerprint density at radius 2 is 1.63 bits per heavy atom. The molecule has 2 rings (SSSR count). The highest BCUT2D eigenvalue weighted by Gasteiger charge is 2.27. The molecule has 2 aromatic rings. The van der Waals surface area contributed by atoms with Gasteiger partial charge in [0.2, 0.25) is 0 Å². The van der Waals surface area contributed by atoms with E-state index in [9.17, 15) is 9.36 Å². The van der Waals surface area contributed by atoms with Crippen molar-refractivity contribution in [1.29, 1.82) is 0 Å². The molecule has 1 atom stereocenters. The number of carbonyl (C=O) groups excluding carboxylic acids is 1. The molecule has 0 aliphatic heterocycles. The monoisotopic (exact) mass is 271 g/mol. The van der Waals surface area contributed by atoms with Crippen molar-refractivity contribution >= 4 is 24.7 Å². The van der Waals surface area contributed by atoms with E-state index in [2.05, 4.69) is 0 Å². The third-order valence-corrected chi connectivity index (χ3v) is 5.13. The first-order chi connectivity index (χ1) is 9.06. The van der Waals surface area contributed by atoms with Gasteiger partial charge in [0.1, 0.15) is 0 Å². The quantitative estimate of drug-likeness (QED) is 0.634. The van der Waals surface area contributed by atoms with Crippen molar-refractivity contribution < 1.29 is 9.36 Å². The lowest BCUT2D eigenvalue weighted by atomic mass is 9.99. The van der Waals surface area contributed by atoms with Crippen LogP contribution in [0.4, 0.5) is 0 Å². The molecule has 2 aromatic carbocycles. The molecule has 0 bridgehead atoms. The van der Waals surface area contributed by atoms with E-state index in [4.69, 9.17) is 0 Å². The molecule has 0 saturated heterocycles. The van der Waals surface area contributed by atoms with Crippen LogP contribution in [0.3, 0.4) is 0 Å². The summed E-state index contributed by atoms with van der Waals surface area (Å²) in [7, 11) is -1.61. The molecule has 0 aliphatic carbocycles. The van der Waals surface area contributed by atoms with Gasteiger partial charge >= 0.3 is 7.80 Å². The molecule has 0 heterocycles. The molecule has 0 amide bonds. The highest BCUT2D eigenvalue weighted by Crippen LogP contribution is 2.25. The van der Waals surface area contributed by atoms with Crippen molar-refractivity contribution in [1.82, 2.24) is 0 Å². The smallest absolute Gasteiger partial charge is 0.298 e. The predicted molar refractivity (Wildman–Crippen MR) is 79.4 cm³/mol. The maximum absolute atomic E-state index is 12.6. The summed E-state index contributed by atoms with van der Waals surface area (Å²) >= 11 is 0. The van der Waals surface area contributed by atoms with Gasteiger partial charge in [0.25, 0.3) is 0 Å². The van der Waals surface area contributed by atoms with Crippen LogP contribution in [-0.2, 0) is 4.57 Å². The number of aryl methyl sites for hydroxylation is 1. The molecule has 3 heteroatoms. The molecule has 0 fully saturated rings. The van der Waals surface area contributed by atoms with Crippen LogP contribution in [0.15, 0.2) is 36.4 Å². The topological polar surface area (TPSA) is 34.1 Å². The van der Waals surface area contributed by atoms with Crippen LogP contribution in [-0.4, -0.2) is 6.29 Å². The van der Waals surface area contributed by atoms with Crippen LogP contribution in [0, 0.1) is 20.8 Å². The van der Waals surface area contributed by atoms with Gasteiger partial charge in [-0.3, -0.25) is 4.79 Å². The second-order valence-corrected chi connectivity index (χ2v) is 6.21. The fourth-order valence-electron chi connectivity index (χ4n) is 2.18. The Morgan fingerprint density at radius 1 is 1.00 bits per heavy atom. The fourth-order valence-corrected chi connectivity index (χ4v) is 3.68. The summed E-state index contributed by atoms with van der Waals surface area (Å²) in [5.41, 5.74) is 3.45. The molecule has 0 radical (unpaired) electrons. The largest absolute Gasteiger partial charge is 0.415 e. The van der Waals surface area contributed by atoms with E-state index < -0.39 is 7.80 Å². The van der Waals surface area contributed by atoms with Gasteiger partial charge in [-0.05, 0) is 50.1 Å². The van der Waals surface area contributed by atoms with Crippen molar-refractivity contribution in [2.24, 2.45) is 0 Å². The van der Waals surface area contributed by atoms with Crippen molar-refractivity contribution in [2.45, 2.75) is 20.8 Å². The average molecular weight is 271 g/mol. The van der Waals surface area contributed by atoms with Crippen LogP contribution in [0.1, 0.15) is 27.0 Å². The van der Waals surface area contributed by atoms with Crippen molar-refractivity contribution in [3.05, 3.63) is 58.7 Å². The molecule has 96 valence electrons. The van der Waals surface area contributed by atoms with Gasteiger partial charge < -0.3 is 0 Å². The summed E-state index contributed by atoms with van der Waals surface area (Å²) in [6.45, 7) is 5.71. The van der Waals surface area contributed by atoms with Crippen LogP contribution in [0.5, 0.6) is 0 Å². The fraction of sp³-hybridized carbons (Fsp3) is 0.188. The molecular weight excluding hydrogens is 255 g/mol. The second kappa shape index (κ2) is 5.46. The van der Waals surface area contributed by atoms with E-state index in [1.54, 1.807) is 0 Å². The first-order valence-corrected chi connectivity index (χ1v) is 7.40. The van der Waals surface area contributed by atoms with Gasteiger partial charge in [-0.15, -0.1) is 0 Å². The zero-order valence-electron chi connectivity index (χ0n) is 11.3. The highest BCUT2D eigenvalue weighted by atomic mass is 31.1. The van der Waals surface area contributed by atoms with Gasteiger partial charge in [-0.1, -0.05) is 22.8 Å². The number of hydrogen-bond donors (Lipinski definition) is 0. The Labute approximate surface area is 114 Å². The molecule has 2 nitrogen and oxygen atoms in total. The molecule has 0 spiro atoms. The minimum atomic E-state index is -1.61. The van der Waals surface area contributed by atoms with Gasteiger partial charge in [-0.2, -0.15) is 0 Å². The molecule has 0 N–H and O–H groups in total. The van der Waals surface area contributed by atoms with E-state index in [1.807, 2.05) is 57.2 Å². The van der Waals surface area contributed by atoms with Crippen molar-refractivity contribution in [3.63, 3.8) is 0 Å². The van der Waals surface area contributed by atoms with Gasteiger partial charge in [0.15, 0.2) is 16.9 Å².